The van der Waals surface area contributed by atoms with Gasteiger partial charge in [0.1, 0.15) is 0 Å². The minimum Gasteiger partial charge on any atom is -0.466 e. The Hall–Kier alpha value is -1.48. The summed E-state index contributed by atoms with van der Waals surface area (Å²) in [5.74, 6) is -0.419. The van der Waals surface area contributed by atoms with E-state index in [2.05, 4.69) is 4.74 Å². The third kappa shape index (κ3) is 2.78. The molecule has 14 heavy (non-hydrogen) atoms. The third-order valence-corrected chi connectivity index (χ3v) is 1.95. The van der Waals surface area contributed by atoms with Gasteiger partial charge in [-0.3, -0.25) is 0 Å². The number of esters is 1. The largest absolute Gasteiger partial charge is 0.466 e. The van der Waals surface area contributed by atoms with Crippen LogP contribution in [0.5, 0.6) is 0 Å². The third-order valence-electron chi connectivity index (χ3n) is 1.62. The summed E-state index contributed by atoms with van der Waals surface area (Å²) in [4.78, 5) is 10.8. The molecule has 0 atom stereocenters. The molecule has 0 heterocycles. The number of ether oxygens (including phenoxy) is 1. The Morgan fingerprint density at radius 2 is 2.29 bits per heavy atom. The van der Waals surface area contributed by atoms with E-state index < -0.39 is 5.97 Å². The van der Waals surface area contributed by atoms with E-state index in [1.807, 2.05) is 0 Å². The molecule has 0 spiro atoms. The van der Waals surface area contributed by atoms with Crippen molar-refractivity contribution in [2.24, 2.45) is 0 Å². The van der Waals surface area contributed by atoms with Crippen molar-refractivity contribution >= 4 is 29.3 Å². The molecule has 74 valence electrons. The molecule has 4 heteroatoms. The molecule has 0 aliphatic rings. The summed E-state index contributed by atoms with van der Waals surface area (Å²) >= 11 is 5.87. The van der Waals surface area contributed by atoms with Crippen LogP contribution in [0.2, 0.25) is 5.02 Å². The fourth-order valence-corrected chi connectivity index (χ4v) is 1.16. The molecule has 2 N–H and O–H groups in total. The van der Waals surface area contributed by atoms with Crippen molar-refractivity contribution in [1.29, 1.82) is 0 Å². The van der Waals surface area contributed by atoms with Crippen LogP contribution in [0.25, 0.3) is 6.08 Å². The van der Waals surface area contributed by atoms with Crippen LogP contribution in [-0.2, 0) is 9.53 Å². The molecule has 0 saturated heterocycles. The molecular formula is C10H10ClNO2. The van der Waals surface area contributed by atoms with Gasteiger partial charge in [0.25, 0.3) is 0 Å². The minimum atomic E-state index is -0.419. The van der Waals surface area contributed by atoms with Crippen LogP contribution in [0, 0.1) is 0 Å². The van der Waals surface area contributed by atoms with E-state index in [1.165, 1.54) is 13.2 Å². The van der Waals surface area contributed by atoms with Gasteiger partial charge in [-0.1, -0.05) is 17.7 Å². The molecule has 0 unspecified atom stereocenters. The van der Waals surface area contributed by atoms with E-state index in [4.69, 9.17) is 17.3 Å². The number of rotatable bonds is 2. The summed E-state index contributed by atoms with van der Waals surface area (Å²) in [6, 6.07) is 5.07. The fraction of sp³-hybridized carbons (Fsp3) is 0.100. The van der Waals surface area contributed by atoms with Crippen LogP contribution in [-0.4, -0.2) is 13.1 Å². The second-order valence-electron chi connectivity index (χ2n) is 2.64. The highest BCUT2D eigenvalue weighted by molar-refractivity contribution is 6.32. The molecule has 0 fully saturated rings. The maximum Gasteiger partial charge on any atom is 0.330 e. The normalized spacial score (nSPS) is 10.4. The quantitative estimate of drug-likeness (QED) is 0.463. The second-order valence-corrected chi connectivity index (χ2v) is 3.04. The van der Waals surface area contributed by atoms with Crippen LogP contribution in [0.3, 0.4) is 0 Å². The van der Waals surface area contributed by atoms with Gasteiger partial charge in [-0.15, -0.1) is 0 Å². The predicted octanol–water partition coefficient (Wildman–Crippen LogP) is 2.11. The number of nitrogen functional groups attached to an aromatic ring is 1. The number of anilines is 1. The SMILES string of the molecule is COC(=O)C=Cc1ccc(N)cc1Cl. The number of benzene rings is 1. The van der Waals surface area contributed by atoms with Crippen LogP contribution in [0.1, 0.15) is 5.56 Å². The number of halogens is 1. The molecule has 0 aliphatic carbocycles. The first-order valence-electron chi connectivity index (χ1n) is 3.94. The van der Waals surface area contributed by atoms with Gasteiger partial charge in [-0.25, -0.2) is 4.79 Å². The lowest BCUT2D eigenvalue weighted by molar-refractivity contribution is -0.134. The Morgan fingerprint density at radius 3 is 2.86 bits per heavy atom. The molecule has 1 aromatic carbocycles. The van der Waals surface area contributed by atoms with E-state index in [0.717, 1.165) is 5.56 Å². The lowest BCUT2D eigenvalue weighted by Crippen LogP contribution is -1.93. The Labute approximate surface area is 87.1 Å². The van der Waals surface area contributed by atoms with Gasteiger partial charge in [-0.2, -0.15) is 0 Å². The zero-order chi connectivity index (χ0) is 10.6. The van der Waals surface area contributed by atoms with Gasteiger partial charge in [0.2, 0.25) is 0 Å². The van der Waals surface area contributed by atoms with E-state index in [1.54, 1.807) is 24.3 Å². The molecule has 0 saturated carbocycles. The monoisotopic (exact) mass is 211 g/mol. The van der Waals surface area contributed by atoms with Crippen LogP contribution in [0.4, 0.5) is 5.69 Å². The second kappa shape index (κ2) is 4.67. The standard InChI is InChI=1S/C10H10ClNO2/c1-14-10(13)5-3-7-2-4-8(12)6-9(7)11/h2-6H,12H2,1H3. The molecule has 1 rings (SSSR count). The summed E-state index contributed by atoms with van der Waals surface area (Å²) in [6.07, 6.45) is 2.88. The number of hydrogen-bond acceptors (Lipinski definition) is 3. The van der Waals surface area contributed by atoms with E-state index in [0.29, 0.717) is 10.7 Å². The molecular weight excluding hydrogens is 202 g/mol. The van der Waals surface area contributed by atoms with E-state index in [9.17, 15) is 4.79 Å². The Morgan fingerprint density at radius 1 is 1.57 bits per heavy atom. The number of hydrogen-bond donors (Lipinski definition) is 1. The predicted molar refractivity (Wildman–Crippen MR) is 56.9 cm³/mol. The van der Waals surface area contributed by atoms with Crippen molar-refractivity contribution in [1.82, 2.24) is 0 Å². The molecule has 0 amide bonds. The summed E-state index contributed by atoms with van der Waals surface area (Å²) < 4.78 is 4.44. The summed E-state index contributed by atoms with van der Waals surface area (Å²) in [5, 5.41) is 0.505. The Kier molecular flexibility index (Phi) is 3.54. The van der Waals surface area contributed by atoms with Gasteiger partial charge >= 0.3 is 5.97 Å². The van der Waals surface area contributed by atoms with E-state index in [-0.39, 0.29) is 0 Å². The molecule has 3 nitrogen and oxygen atoms in total. The fourth-order valence-electron chi connectivity index (χ4n) is 0.904. The topological polar surface area (TPSA) is 52.3 Å². The molecule has 1 aromatic rings. The van der Waals surface area contributed by atoms with Crippen molar-refractivity contribution in [2.75, 3.05) is 12.8 Å². The van der Waals surface area contributed by atoms with Crippen LogP contribution < -0.4 is 5.73 Å². The highest BCUT2D eigenvalue weighted by atomic mass is 35.5. The van der Waals surface area contributed by atoms with Gasteiger partial charge in [-0.05, 0) is 23.8 Å². The average Bonchev–Trinajstić information content (AvgIpc) is 2.16. The smallest absolute Gasteiger partial charge is 0.330 e. The van der Waals surface area contributed by atoms with Crippen LogP contribution >= 0.6 is 11.6 Å². The Bertz CT molecular complexity index is 374. The van der Waals surface area contributed by atoms with Crippen molar-refractivity contribution in [3.8, 4) is 0 Å². The first kappa shape index (κ1) is 10.6. The summed E-state index contributed by atoms with van der Waals surface area (Å²) in [6.45, 7) is 0. The van der Waals surface area contributed by atoms with Crippen molar-refractivity contribution in [2.45, 2.75) is 0 Å². The number of carbonyl (C=O) groups excluding carboxylic acids is 1. The van der Waals surface area contributed by atoms with Crippen LogP contribution in [0.15, 0.2) is 24.3 Å². The van der Waals surface area contributed by atoms with Crippen molar-refractivity contribution < 1.29 is 9.53 Å². The lowest BCUT2D eigenvalue weighted by atomic mass is 10.2. The lowest BCUT2D eigenvalue weighted by Gasteiger charge is -1.99. The summed E-state index contributed by atoms with van der Waals surface area (Å²) in [5.41, 5.74) is 6.83. The first-order chi connectivity index (χ1) is 6.63. The number of methoxy groups -OCH3 is 1. The van der Waals surface area contributed by atoms with Gasteiger partial charge in [0.15, 0.2) is 0 Å². The molecule has 0 aliphatic heterocycles. The van der Waals surface area contributed by atoms with Crippen molar-refractivity contribution in [3.05, 3.63) is 34.9 Å². The number of carbonyl (C=O) groups is 1. The average molecular weight is 212 g/mol. The zero-order valence-corrected chi connectivity index (χ0v) is 8.41. The van der Waals surface area contributed by atoms with Gasteiger partial charge in [0.05, 0.1) is 7.11 Å². The Balaban J connectivity index is 2.87. The highest BCUT2D eigenvalue weighted by Gasteiger charge is 1.98. The molecule has 0 aromatic heterocycles. The van der Waals surface area contributed by atoms with Gasteiger partial charge in [0, 0.05) is 16.8 Å². The zero-order valence-electron chi connectivity index (χ0n) is 7.66. The number of nitrogens with two attached hydrogens (primary N) is 1. The maximum atomic E-state index is 10.8. The molecule has 0 radical (unpaired) electrons. The van der Waals surface area contributed by atoms with E-state index >= 15 is 0 Å². The van der Waals surface area contributed by atoms with Crippen molar-refractivity contribution in [3.63, 3.8) is 0 Å². The summed E-state index contributed by atoms with van der Waals surface area (Å²) in [7, 11) is 1.32. The maximum absolute atomic E-state index is 10.8. The molecule has 0 bridgehead atoms. The minimum absolute atomic E-state index is 0.419. The van der Waals surface area contributed by atoms with Gasteiger partial charge < -0.3 is 10.5 Å². The highest BCUT2D eigenvalue weighted by Crippen LogP contribution is 2.20. The first-order valence-corrected chi connectivity index (χ1v) is 4.32.